The van der Waals surface area contributed by atoms with Crippen molar-refractivity contribution in [3.05, 3.63) is 38.4 Å². The number of benzene rings is 1. The molecule has 0 saturated heterocycles. The highest BCUT2D eigenvalue weighted by molar-refractivity contribution is 5.65. The molecule has 1 N–H and O–H groups in total. The van der Waals surface area contributed by atoms with E-state index in [1.807, 2.05) is 0 Å². The maximum Gasteiger partial charge on any atom is 0.299 e. The summed E-state index contributed by atoms with van der Waals surface area (Å²) in [6.45, 7) is 6.53. The minimum Gasteiger partial charge on any atom is -0.379 e. The van der Waals surface area contributed by atoms with Crippen molar-refractivity contribution >= 4 is 17.1 Å². The van der Waals surface area contributed by atoms with Gasteiger partial charge in [-0.3, -0.25) is 20.2 Å². The van der Waals surface area contributed by atoms with Crippen molar-refractivity contribution in [1.29, 1.82) is 0 Å². The molecule has 0 atom stereocenters. The first-order valence-corrected chi connectivity index (χ1v) is 11.5. The fraction of sp³-hybridized carbons (Fsp3) is 0.727. The molecule has 0 unspecified atom stereocenters. The van der Waals surface area contributed by atoms with Gasteiger partial charge in [0.05, 0.1) is 62.2 Å². The Morgan fingerprint density at radius 3 is 1.85 bits per heavy atom. The van der Waals surface area contributed by atoms with Crippen molar-refractivity contribution in [2.45, 2.75) is 45.4 Å². The van der Waals surface area contributed by atoms with Crippen LogP contribution in [0.15, 0.2) is 18.2 Å². The summed E-state index contributed by atoms with van der Waals surface area (Å²) < 4.78 is 21.8. The molecule has 0 aliphatic heterocycles. The van der Waals surface area contributed by atoms with E-state index in [1.54, 1.807) is 0 Å². The van der Waals surface area contributed by atoms with Crippen LogP contribution in [0.25, 0.3) is 0 Å². The van der Waals surface area contributed by atoms with Gasteiger partial charge in [0.1, 0.15) is 5.69 Å². The van der Waals surface area contributed by atoms with Crippen LogP contribution >= 0.6 is 0 Å². The van der Waals surface area contributed by atoms with Gasteiger partial charge in [-0.1, -0.05) is 39.0 Å². The summed E-state index contributed by atoms with van der Waals surface area (Å²) in [6, 6.07) is 3.47. The molecule has 0 aliphatic rings. The average molecular weight is 472 g/mol. The molecule has 0 heterocycles. The quantitative estimate of drug-likeness (QED) is 0.149. The number of ether oxygens (including phenoxy) is 4. The molecule has 0 fully saturated rings. The number of rotatable bonds is 22. The van der Waals surface area contributed by atoms with Crippen LogP contribution in [0.2, 0.25) is 0 Å². The van der Waals surface area contributed by atoms with Crippen LogP contribution in [0.4, 0.5) is 17.1 Å². The summed E-state index contributed by atoms with van der Waals surface area (Å²) in [7, 11) is 0. The SMILES string of the molecule is CCCCCCCCOCCOCCOCCOCCNc1ccc([N+](=O)[O-])cc1[N+](=O)[O-]. The lowest BCUT2D eigenvalue weighted by Crippen LogP contribution is -2.15. The van der Waals surface area contributed by atoms with Crippen molar-refractivity contribution in [2.24, 2.45) is 0 Å². The summed E-state index contributed by atoms with van der Waals surface area (Å²) in [5, 5.41) is 24.7. The predicted molar refractivity (Wildman–Crippen MR) is 125 cm³/mol. The van der Waals surface area contributed by atoms with Gasteiger partial charge < -0.3 is 24.3 Å². The molecule has 0 aromatic heterocycles. The molecular weight excluding hydrogens is 434 g/mol. The zero-order valence-electron chi connectivity index (χ0n) is 19.5. The van der Waals surface area contributed by atoms with Gasteiger partial charge in [-0.15, -0.1) is 0 Å². The lowest BCUT2D eigenvalue weighted by atomic mass is 10.1. The minimum absolute atomic E-state index is 0.207. The predicted octanol–water partition coefficient (Wildman–Crippen LogP) is 4.34. The normalized spacial score (nSPS) is 10.9. The molecule has 0 aliphatic carbocycles. The number of hydrogen-bond acceptors (Lipinski definition) is 9. The average Bonchev–Trinajstić information content (AvgIpc) is 2.80. The fourth-order valence-electron chi connectivity index (χ4n) is 2.94. The number of nitrogens with zero attached hydrogens (tertiary/aromatic N) is 2. The standard InChI is InChI=1S/C22H37N3O8/c1-2-3-4-5-6-7-11-30-13-15-32-17-18-33-16-14-31-12-10-23-21-9-8-20(24(26)27)19-22(21)25(28)29/h8-9,19,23H,2-7,10-18H2,1H3. The molecule has 188 valence electrons. The number of nitrogens with one attached hydrogen (secondary N) is 1. The number of nitro benzene ring substituents is 2. The summed E-state index contributed by atoms with van der Waals surface area (Å²) >= 11 is 0. The molecule has 1 rings (SSSR count). The van der Waals surface area contributed by atoms with Crippen LogP contribution < -0.4 is 5.32 Å². The van der Waals surface area contributed by atoms with Crippen molar-refractivity contribution < 1.29 is 28.8 Å². The van der Waals surface area contributed by atoms with Crippen molar-refractivity contribution in [3.63, 3.8) is 0 Å². The highest BCUT2D eigenvalue weighted by Gasteiger charge is 2.18. The number of hydrogen-bond donors (Lipinski definition) is 1. The highest BCUT2D eigenvalue weighted by atomic mass is 16.6. The van der Waals surface area contributed by atoms with Gasteiger partial charge in [0, 0.05) is 19.2 Å². The molecule has 1 aromatic carbocycles. The second-order valence-corrected chi connectivity index (χ2v) is 7.36. The Balaban J connectivity index is 1.92. The molecule has 11 heteroatoms. The largest absolute Gasteiger partial charge is 0.379 e. The first kappa shape index (κ1) is 28.7. The molecule has 0 radical (unpaired) electrons. The summed E-state index contributed by atoms with van der Waals surface area (Å²) in [5.74, 6) is 0. The smallest absolute Gasteiger partial charge is 0.299 e. The Kier molecular flexibility index (Phi) is 16.7. The first-order valence-electron chi connectivity index (χ1n) is 11.5. The Morgan fingerprint density at radius 2 is 1.27 bits per heavy atom. The monoisotopic (exact) mass is 471 g/mol. The van der Waals surface area contributed by atoms with Crippen LogP contribution in [0.3, 0.4) is 0 Å². The van der Waals surface area contributed by atoms with Gasteiger partial charge in [-0.2, -0.15) is 0 Å². The number of unbranched alkanes of at least 4 members (excludes halogenated alkanes) is 5. The van der Waals surface area contributed by atoms with E-state index in [1.165, 1.54) is 44.2 Å². The summed E-state index contributed by atoms with van der Waals surface area (Å²) in [6.07, 6.45) is 7.51. The van der Waals surface area contributed by atoms with Gasteiger partial charge >= 0.3 is 0 Å². The molecule has 0 bridgehead atoms. The Morgan fingerprint density at radius 1 is 0.727 bits per heavy atom. The van der Waals surface area contributed by atoms with E-state index in [9.17, 15) is 20.2 Å². The molecule has 0 amide bonds. The third-order valence-electron chi connectivity index (χ3n) is 4.71. The Hall–Kier alpha value is -2.34. The summed E-state index contributed by atoms with van der Waals surface area (Å²) in [4.78, 5) is 20.5. The first-order chi connectivity index (χ1) is 16.1. The van der Waals surface area contributed by atoms with E-state index >= 15 is 0 Å². The zero-order valence-corrected chi connectivity index (χ0v) is 19.5. The summed E-state index contributed by atoms with van der Waals surface area (Å²) in [5.41, 5.74) is -0.468. The molecule has 1 aromatic rings. The number of non-ortho nitro benzene ring substituents is 1. The third-order valence-corrected chi connectivity index (χ3v) is 4.71. The molecule has 11 nitrogen and oxygen atoms in total. The zero-order chi connectivity index (χ0) is 24.2. The maximum atomic E-state index is 11.1. The van der Waals surface area contributed by atoms with Crippen LogP contribution in [0, 0.1) is 20.2 Å². The second kappa shape index (κ2) is 19.2. The number of anilines is 1. The Bertz CT molecular complexity index is 675. The van der Waals surface area contributed by atoms with Crippen LogP contribution in [0.5, 0.6) is 0 Å². The van der Waals surface area contributed by atoms with Crippen LogP contribution in [-0.4, -0.2) is 69.2 Å². The van der Waals surface area contributed by atoms with Gasteiger partial charge in [0.25, 0.3) is 11.4 Å². The maximum absolute atomic E-state index is 11.1. The third kappa shape index (κ3) is 14.4. The highest BCUT2D eigenvalue weighted by Crippen LogP contribution is 2.28. The lowest BCUT2D eigenvalue weighted by molar-refractivity contribution is -0.393. The Labute approximate surface area is 195 Å². The van der Waals surface area contributed by atoms with Crippen molar-refractivity contribution in [1.82, 2.24) is 0 Å². The van der Waals surface area contributed by atoms with Crippen LogP contribution in [0.1, 0.15) is 45.4 Å². The van der Waals surface area contributed by atoms with Gasteiger partial charge in [0.2, 0.25) is 0 Å². The molecule has 0 spiro atoms. The fourth-order valence-corrected chi connectivity index (χ4v) is 2.94. The van der Waals surface area contributed by atoms with Gasteiger partial charge in [0.15, 0.2) is 0 Å². The lowest BCUT2D eigenvalue weighted by Gasteiger charge is -2.09. The van der Waals surface area contributed by atoms with Crippen LogP contribution in [-0.2, 0) is 18.9 Å². The van der Waals surface area contributed by atoms with E-state index in [0.717, 1.165) is 19.1 Å². The minimum atomic E-state index is -0.671. The van der Waals surface area contributed by atoms with E-state index in [2.05, 4.69) is 12.2 Å². The second-order valence-electron chi connectivity index (χ2n) is 7.36. The van der Waals surface area contributed by atoms with E-state index in [0.29, 0.717) is 52.8 Å². The van der Waals surface area contributed by atoms with Crippen molar-refractivity contribution in [3.8, 4) is 0 Å². The molecular formula is C22H37N3O8. The van der Waals surface area contributed by atoms with E-state index in [-0.39, 0.29) is 17.1 Å². The topological polar surface area (TPSA) is 135 Å². The van der Waals surface area contributed by atoms with Gasteiger partial charge in [-0.05, 0) is 12.5 Å². The van der Waals surface area contributed by atoms with E-state index in [4.69, 9.17) is 18.9 Å². The van der Waals surface area contributed by atoms with Crippen molar-refractivity contribution in [2.75, 3.05) is 64.7 Å². The molecule has 33 heavy (non-hydrogen) atoms. The van der Waals surface area contributed by atoms with E-state index < -0.39 is 9.85 Å². The number of nitro groups is 2. The molecule has 0 saturated carbocycles. The van der Waals surface area contributed by atoms with Gasteiger partial charge in [-0.25, -0.2) is 0 Å².